The number of carboxylic acid groups (broad SMARTS) is 1. The number of rotatable bonds is 5. The molecule has 2 aromatic carbocycles. The van der Waals surface area contributed by atoms with Gasteiger partial charge in [-0.1, -0.05) is 30.3 Å². The Morgan fingerprint density at radius 2 is 1.93 bits per heavy atom. The molecule has 1 fully saturated rings. The third kappa shape index (κ3) is 3.73. The van der Waals surface area contributed by atoms with Crippen molar-refractivity contribution in [3.8, 4) is 5.75 Å². The number of ether oxygens (including phenoxy) is 1. The van der Waals surface area contributed by atoms with E-state index in [1.807, 2.05) is 37.3 Å². The number of hydrogen-bond donors (Lipinski definition) is 2. The molecule has 1 heterocycles. The van der Waals surface area contributed by atoms with Crippen LogP contribution in [0.15, 0.2) is 48.5 Å². The van der Waals surface area contributed by atoms with Crippen molar-refractivity contribution in [3.05, 3.63) is 65.2 Å². The van der Waals surface area contributed by atoms with Crippen molar-refractivity contribution in [1.82, 2.24) is 4.90 Å². The van der Waals surface area contributed by atoms with E-state index >= 15 is 0 Å². The van der Waals surface area contributed by atoms with E-state index in [0.29, 0.717) is 17.9 Å². The Morgan fingerprint density at radius 1 is 1.21 bits per heavy atom. The molecule has 6 nitrogen and oxygen atoms in total. The van der Waals surface area contributed by atoms with Crippen LogP contribution >= 0.6 is 0 Å². The molecular formula is C22H25NO5. The lowest BCUT2D eigenvalue weighted by molar-refractivity contribution is -0.161. The first kappa shape index (κ1) is 19.9. The van der Waals surface area contributed by atoms with Crippen molar-refractivity contribution in [2.24, 2.45) is 5.41 Å². The van der Waals surface area contributed by atoms with E-state index in [-0.39, 0.29) is 25.3 Å². The Morgan fingerprint density at radius 3 is 2.54 bits per heavy atom. The Bertz CT molecular complexity index is 866. The van der Waals surface area contributed by atoms with Gasteiger partial charge in [0.25, 0.3) is 5.91 Å². The van der Waals surface area contributed by atoms with Crippen LogP contribution in [0.1, 0.15) is 27.9 Å². The average Bonchev–Trinajstić information content (AvgIpc) is 2.69. The van der Waals surface area contributed by atoms with E-state index in [9.17, 15) is 19.8 Å². The lowest BCUT2D eigenvalue weighted by atomic mass is 9.72. The minimum Gasteiger partial charge on any atom is -0.496 e. The van der Waals surface area contributed by atoms with Crippen molar-refractivity contribution in [2.75, 3.05) is 20.2 Å². The fourth-order valence-corrected chi connectivity index (χ4v) is 3.87. The lowest BCUT2D eigenvalue weighted by Crippen LogP contribution is -2.58. The van der Waals surface area contributed by atoms with Gasteiger partial charge in [-0.2, -0.15) is 0 Å². The van der Waals surface area contributed by atoms with Gasteiger partial charge in [0.05, 0.1) is 13.2 Å². The number of nitrogens with zero attached hydrogens (tertiary/aromatic N) is 1. The maximum atomic E-state index is 13.0. The molecule has 0 spiro atoms. The molecule has 2 atom stereocenters. The van der Waals surface area contributed by atoms with Gasteiger partial charge in [0.2, 0.25) is 0 Å². The predicted octanol–water partition coefficient (Wildman–Crippen LogP) is 2.52. The van der Waals surface area contributed by atoms with Crippen LogP contribution in [-0.4, -0.2) is 53.3 Å². The zero-order valence-electron chi connectivity index (χ0n) is 16.1. The molecule has 1 aliphatic heterocycles. The fraction of sp³-hybridized carbons (Fsp3) is 0.364. The summed E-state index contributed by atoms with van der Waals surface area (Å²) in [5.74, 6) is -0.641. The summed E-state index contributed by atoms with van der Waals surface area (Å²) in [6, 6.07) is 14.4. The summed E-state index contributed by atoms with van der Waals surface area (Å²) in [4.78, 5) is 26.8. The molecule has 1 aliphatic rings. The minimum absolute atomic E-state index is 0.0394. The molecule has 148 valence electrons. The summed E-state index contributed by atoms with van der Waals surface area (Å²) in [5.41, 5.74) is 0.697. The van der Waals surface area contributed by atoms with Crippen molar-refractivity contribution in [1.29, 1.82) is 0 Å². The highest BCUT2D eigenvalue weighted by Gasteiger charge is 2.50. The first-order chi connectivity index (χ1) is 13.4. The molecule has 2 aromatic rings. The average molecular weight is 383 g/mol. The standard InChI is InChI=1S/C22H25NO5/c1-15-12-17(8-9-18(15)28-2)20(25)23-11-10-19(24)22(14-23,21(26)27)13-16-6-4-3-5-7-16/h3-9,12,19,24H,10-11,13-14H2,1-2H3,(H,26,27)/t19-,22-/m1/s1. The third-order valence-corrected chi connectivity index (χ3v) is 5.50. The number of aryl methyl sites for hydroxylation is 1. The summed E-state index contributed by atoms with van der Waals surface area (Å²) in [6.45, 7) is 2.13. The smallest absolute Gasteiger partial charge is 0.314 e. The Kier molecular flexibility index (Phi) is 5.70. The first-order valence-electron chi connectivity index (χ1n) is 9.26. The van der Waals surface area contributed by atoms with E-state index in [1.165, 1.54) is 4.90 Å². The van der Waals surface area contributed by atoms with Gasteiger partial charge < -0.3 is 19.8 Å². The van der Waals surface area contributed by atoms with Crippen molar-refractivity contribution in [2.45, 2.75) is 25.9 Å². The molecule has 6 heteroatoms. The van der Waals surface area contributed by atoms with Crippen LogP contribution in [0.4, 0.5) is 0 Å². The van der Waals surface area contributed by atoms with Crippen LogP contribution in [0.25, 0.3) is 0 Å². The van der Waals surface area contributed by atoms with Gasteiger partial charge in [0.15, 0.2) is 0 Å². The van der Waals surface area contributed by atoms with Crippen LogP contribution in [0.3, 0.4) is 0 Å². The zero-order valence-corrected chi connectivity index (χ0v) is 16.1. The second-order valence-electron chi connectivity index (χ2n) is 7.34. The maximum Gasteiger partial charge on any atom is 0.314 e. The van der Waals surface area contributed by atoms with Crippen molar-refractivity contribution >= 4 is 11.9 Å². The number of aliphatic hydroxyl groups excluding tert-OH is 1. The molecule has 2 N–H and O–H groups in total. The van der Waals surface area contributed by atoms with Gasteiger partial charge in [-0.3, -0.25) is 9.59 Å². The maximum absolute atomic E-state index is 13.0. The largest absolute Gasteiger partial charge is 0.496 e. The summed E-state index contributed by atoms with van der Waals surface area (Å²) in [5, 5.41) is 20.6. The van der Waals surface area contributed by atoms with Gasteiger partial charge in [0, 0.05) is 18.7 Å². The van der Waals surface area contributed by atoms with Gasteiger partial charge in [-0.25, -0.2) is 0 Å². The lowest BCUT2D eigenvalue weighted by Gasteiger charge is -2.43. The van der Waals surface area contributed by atoms with Gasteiger partial charge in [-0.15, -0.1) is 0 Å². The third-order valence-electron chi connectivity index (χ3n) is 5.50. The van der Waals surface area contributed by atoms with Gasteiger partial charge in [0.1, 0.15) is 11.2 Å². The molecule has 0 aromatic heterocycles. The van der Waals surface area contributed by atoms with E-state index < -0.39 is 17.5 Å². The topological polar surface area (TPSA) is 87.1 Å². The summed E-state index contributed by atoms with van der Waals surface area (Å²) >= 11 is 0. The minimum atomic E-state index is -1.43. The number of hydrogen-bond acceptors (Lipinski definition) is 4. The number of methoxy groups -OCH3 is 1. The molecule has 0 bridgehead atoms. The second kappa shape index (κ2) is 8.02. The number of amides is 1. The normalized spacial score (nSPS) is 22.0. The van der Waals surface area contributed by atoms with Crippen LogP contribution in [0.5, 0.6) is 5.75 Å². The molecule has 1 amide bonds. The zero-order chi connectivity index (χ0) is 20.3. The summed E-state index contributed by atoms with van der Waals surface area (Å²) in [6.07, 6.45) is -0.637. The molecule has 0 unspecified atom stereocenters. The number of aliphatic carboxylic acids is 1. The van der Waals surface area contributed by atoms with Crippen LogP contribution in [0, 0.1) is 12.3 Å². The Labute approximate surface area is 164 Å². The van der Waals surface area contributed by atoms with Crippen molar-refractivity contribution < 1.29 is 24.5 Å². The number of aliphatic hydroxyl groups is 1. The summed E-state index contributed by atoms with van der Waals surface area (Å²) < 4.78 is 5.23. The highest BCUT2D eigenvalue weighted by Crippen LogP contribution is 2.35. The van der Waals surface area contributed by atoms with Crippen molar-refractivity contribution in [3.63, 3.8) is 0 Å². The number of carbonyl (C=O) groups excluding carboxylic acids is 1. The quantitative estimate of drug-likeness (QED) is 0.829. The molecule has 3 rings (SSSR count). The molecule has 0 radical (unpaired) electrons. The SMILES string of the molecule is COc1ccc(C(=O)N2CC[C@@H](O)[C@](Cc3ccccc3)(C(=O)O)C2)cc1C. The number of benzene rings is 2. The van der Waals surface area contributed by atoms with E-state index in [2.05, 4.69) is 0 Å². The highest BCUT2D eigenvalue weighted by molar-refractivity contribution is 5.95. The molecule has 0 aliphatic carbocycles. The molecule has 28 heavy (non-hydrogen) atoms. The van der Waals surface area contributed by atoms with Crippen LogP contribution < -0.4 is 4.74 Å². The predicted molar refractivity (Wildman–Crippen MR) is 104 cm³/mol. The Hall–Kier alpha value is -2.86. The summed E-state index contributed by atoms with van der Waals surface area (Å²) in [7, 11) is 1.57. The highest BCUT2D eigenvalue weighted by atomic mass is 16.5. The van der Waals surface area contributed by atoms with Gasteiger partial charge in [-0.05, 0) is 49.1 Å². The molecule has 0 saturated carbocycles. The fourth-order valence-electron chi connectivity index (χ4n) is 3.87. The van der Waals surface area contributed by atoms with Crippen LogP contribution in [-0.2, 0) is 11.2 Å². The number of likely N-dealkylation sites (tertiary alicyclic amines) is 1. The Balaban J connectivity index is 1.88. The van der Waals surface area contributed by atoms with Crippen LogP contribution in [0.2, 0.25) is 0 Å². The molecular weight excluding hydrogens is 358 g/mol. The number of piperidine rings is 1. The van der Waals surface area contributed by atoms with Gasteiger partial charge >= 0.3 is 5.97 Å². The first-order valence-corrected chi connectivity index (χ1v) is 9.26. The van der Waals surface area contributed by atoms with E-state index in [1.54, 1.807) is 25.3 Å². The second-order valence-corrected chi connectivity index (χ2v) is 7.34. The monoisotopic (exact) mass is 383 g/mol. The van der Waals surface area contributed by atoms with E-state index in [0.717, 1.165) is 11.1 Å². The number of carbonyl (C=O) groups is 2. The van der Waals surface area contributed by atoms with E-state index in [4.69, 9.17) is 4.74 Å². The molecule has 1 saturated heterocycles. The number of carboxylic acids is 1.